The summed E-state index contributed by atoms with van der Waals surface area (Å²) in [5.74, 6) is 0.856. The predicted molar refractivity (Wildman–Crippen MR) is 168 cm³/mol. The van der Waals surface area contributed by atoms with Crippen molar-refractivity contribution in [2.24, 2.45) is 5.41 Å². The number of halogens is 2. The number of aromatic nitrogens is 3. The van der Waals surface area contributed by atoms with Gasteiger partial charge in [0.05, 0.1) is 19.3 Å². The molecule has 2 aromatic heterocycles. The van der Waals surface area contributed by atoms with Gasteiger partial charge in [-0.2, -0.15) is 9.97 Å². The second kappa shape index (κ2) is 12.6. The molecule has 2 aromatic carbocycles. The summed E-state index contributed by atoms with van der Waals surface area (Å²) in [6.07, 6.45) is 12.5. The number of hydrogen-bond acceptors (Lipinski definition) is 9. The minimum atomic E-state index is -0.858. The molecule has 1 saturated heterocycles. The summed E-state index contributed by atoms with van der Waals surface area (Å²) < 4.78 is 43.7. The van der Waals surface area contributed by atoms with Crippen molar-refractivity contribution in [2.75, 3.05) is 38.4 Å². The van der Waals surface area contributed by atoms with E-state index in [-0.39, 0.29) is 62.0 Å². The third-order valence-electron chi connectivity index (χ3n) is 9.25. The predicted octanol–water partition coefficient (Wildman–Crippen LogP) is 5.68. The van der Waals surface area contributed by atoms with E-state index < -0.39 is 18.4 Å². The molecule has 0 amide bonds. The number of rotatable bonds is 10. The lowest BCUT2D eigenvalue weighted by Gasteiger charge is -2.39. The van der Waals surface area contributed by atoms with Crippen LogP contribution in [0.25, 0.3) is 32.9 Å². The number of phenols is 1. The molecule has 3 heterocycles. The molecule has 1 aliphatic carbocycles. The van der Waals surface area contributed by atoms with Crippen LogP contribution in [-0.2, 0) is 0 Å². The van der Waals surface area contributed by atoms with Gasteiger partial charge in [0.25, 0.3) is 0 Å². The molecule has 11 heteroatoms. The van der Waals surface area contributed by atoms with E-state index in [1.165, 1.54) is 31.4 Å². The number of phenolic OH excluding ortho intramolecular Hbond substituents is 1. The summed E-state index contributed by atoms with van der Waals surface area (Å²) in [5.41, 5.74) is -0.473. The van der Waals surface area contributed by atoms with Crippen LogP contribution in [0.4, 0.5) is 14.6 Å². The molecule has 0 spiro atoms. The molecular weight excluding hydrogens is 580 g/mol. The number of ether oxygens (including phenoxy) is 2. The molecule has 3 N–H and O–H groups in total. The summed E-state index contributed by atoms with van der Waals surface area (Å²) in [7, 11) is 1.38. The highest BCUT2D eigenvalue weighted by atomic mass is 19.1. The van der Waals surface area contributed by atoms with Crippen molar-refractivity contribution in [2.45, 2.75) is 57.9 Å². The number of hydrogen-bond donors (Lipinski definition) is 3. The van der Waals surface area contributed by atoms with Gasteiger partial charge >= 0.3 is 6.01 Å². The van der Waals surface area contributed by atoms with Gasteiger partial charge in [0, 0.05) is 29.0 Å². The Morgan fingerprint density at radius 3 is 2.73 bits per heavy atom. The Hall–Kier alpha value is -4.27. The number of benzene rings is 2. The van der Waals surface area contributed by atoms with Crippen LogP contribution < -0.4 is 19.7 Å². The van der Waals surface area contributed by atoms with E-state index in [0.717, 1.165) is 51.5 Å². The lowest BCUT2D eigenvalue weighted by Crippen LogP contribution is -2.49. The SMILES string of the molecule is C#Cc1c(F)ccc2cc(O)cc(-c3nc(OC)c4c(N(CO)CCCC)nc(OCC56CCCNC5CCC6)nc4c3F)c12. The van der Waals surface area contributed by atoms with E-state index in [0.29, 0.717) is 24.6 Å². The third-order valence-corrected chi connectivity index (χ3v) is 9.25. The Balaban J connectivity index is 1.57. The van der Waals surface area contributed by atoms with Crippen LogP contribution in [0.5, 0.6) is 17.6 Å². The highest BCUT2D eigenvalue weighted by Crippen LogP contribution is 2.45. The second-order valence-corrected chi connectivity index (χ2v) is 11.9. The zero-order valence-electron chi connectivity index (χ0n) is 25.5. The number of methoxy groups -OCH3 is 1. The van der Waals surface area contributed by atoms with Crippen molar-refractivity contribution in [3.05, 3.63) is 41.5 Å². The van der Waals surface area contributed by atoms with Gasteiger partial charge in [-0.3, -0.25) is 0 Å². The Labute approximate surface area is 260 Å². The Bertz CT molecular complexity index is 1800. The molecule has 9 nitrogen and oxygen atoms in total. The van der Waals surface area contributed by atoms with Gasteiger partial charge in [0.1, 0.15) is 34.9 Å². The van der Waals surface area contributed by atoms with Gasteiger partial charge in [-0.1, -0.05) is 31.8 Å². The number of fused-ring (bicyclic) bond motifs is 3. The number of piperidine rings is 1. The molecule has 0 bridgehead atoms. The Kier molecular flexibility index (Phi) is 8.62. The van der Waals surface area contributed by atoms with Gasteiger partial charge in [-0.15, -0.1) is 6.42 Å². The highest BCUT2D eigenvalue weighted by Gasteiger charge is 2.45. The molecule has 2 fully saturated rings. The van der Waals surface area contributed by atoms with Crippen molar-refractivity contribution in [1.82, 2.24) is 20.3 Å². The monoisotopic (exact) mass is 617 g/mol. The van der Waals surface area contributed by atoms with Crippen molar-refractivity contribution in [3.8, 4) is 41.2 Å². The molecule has 236 valence electrons. The molecule has 2 unspecified atom stereocenters. The van der Waals surface area contributed by atoms with Crippen LogP contribution in [0.15, 0.2) is 24.3 Å². The average molecular weight is 618 g/mol. The first-order chi connectivity index (χ1) is 21.8. The molecule has 1 aliphatic heterocycles. The van der Waals surface area contributed by atoms with E-state index in [2.05, 4.69) is 26.2 Å². The number of aliphatic hydroxyl groups is 1. The van der Waals surface area contributed by atoms with Crippen molar-refractivity contribution in [1.29, 1.82) is 0 Å². The number of aliphatic hydroxyl groups excluding tert-OH is 1. The number of nitrogens with zero attached hydrogens (tertiary/aromatic N) is 4. The third kappa shape index (κ3) is 5.47. The molecule has 2 atom stereocenters. The van der Waals surface area contributed by atoms with Gasteiger partial charge in [-0.05, 0) is 62.2 Å². The van der Waals surface area contributed by atoms with Gasteiger partial charge in [-0.25, -0.2) is 13.8 Å². The quantitative estimate of drug-likeness (QED) is 0.153. The minimum Gasteiger partial charge on any atom is -0.508 e. The van der Waals surface area contributed by atoms with Crippen molar-refractivity contribution < 1.29 is 28.5 Å². The van der Waals surface area contributed by atoms with Crippen LogP contribution in [0.1, 0.15) is 57.4 Å². The normalized spacial score (nSPS) is 19.4. The number of anilines is 1. The number of pyridine rings is 1. The average Bonchev–Trinajstić information content (AvgIpc) is 3.48. The molecule has 6 rings (SSSR count). The fourth-order valence-corrected chi connectivity index (χ4v) is 6.99. The van der Waals surface area contributed by atoms with E-state index in [9.17, 15) is 14.6 Å². The molecule has 4 aromatic rings. The van der Waals surface area contributed by atoms with Crippen molar-refractivity contribution >= 4 is 27.5 Å². The topological polar surface area (TPSA) is 113 Å². The standard InChI is InChI=1S/C34H37F2N5O4/c1-4-6-15-41(19-42)31-27-30(39-33(40-31)45-18-34-12-7-9-25(34)37-14-8-13-34)28(36)29(38-32(27)44-3)23-17-21(43)16-20-10-11-24(35)22(5-2)26(20)23/h2,10-11,16-17,25,37,42-43H,4,6-9,12-15,18-19H2,1,3H3. The maximum Gasteiger partial charge on any atom is 0.319 e. The molecule has 2 aliphatic rings. The first kappa shape index (κ1) is 30.7. The Morgan fingerprint density at radius 1 is 1.16 bits per heavy atom. The minimum absolute atomic E-state index is 0.0148. The maximum atomic E-state index is 16.9. The summed E-state index contributed by atoms with van der Waals surface area (Å²) in [4.78, 5) is 15.3. The van der Waals surface area contributed by atoms with Crippen LogP contribution in [0.2, 0.25) is 0 Å². The van der Waals surface area contributed by atoms with E-state index in [1.54, 1.807) is 4.90 Å². The fraction of sp³-hybridized carbons (Fsp3) is 0.441. The highest BCUT2D eigenvalue weighted by molar-refractivity contribution is 6.04. The molecular formula is C34H37F2N5O4. The van der Waals surface area contributed by atoms with Gasteiger partial charge < -0.3 is 29.9 Å². The smallest absolute Gasteiger partial charge is 0.319 e. The summed E-state index contributed by atoms with van der Waals surface area (Å²) in [6.45, 7) is 3.40. The first-order valence-corrected chi connectivity index (χ1v) is 15.4. The number of unbranched alkanes of at least 4 members (excludes halogenated alkanes) is 1. The van der Waals surface area contributed by atoms with E-state index >= 15 is 4.39 Å². The van der Waals surface area contributed by atoms with Gasteiger partial charge in [0.15, 0.2) is 11.6 Å². The number of terminal acetylenes is 1. The second-order valence-electron chi connectivity index (χ2n) is 11.9. The van der Waals surface area contributed by atoms with E-state index in [1.807, 2.05) is 6.92 Å². The van der Waals surface area contributed by atoms with Crippen molar-refractivity contribution in [3.63, 3.8) is 0 Å². The van der Waals surface area contributed by atoms with Gasteiger partial charge in [0.2, 0.25) is 5.88 Å². The maximum absolute atomic E-state index is 16.9. The molecule has 1 saturated carbocycles. The largest absolute Gasteiger partial charge is 0.508 e. The Morgan fingerprint density at radius 2 is 1.98 bits per heavy atom. The summed E-state index contributed by atoms with van der Waals surface area (Å²) >= 11 is 0. The number of nitrogens with one attached hydrogen (secondary N) is 1. The van der Waals surface area contributed by atoms with Crippen LogP contribution in [0, 0.1) is 29.4 Å². The van der Waals surface area contributed by atoms with Crippen LogP contribution in [0.3, 0.4) is 0 Å². The number of aromatic hydroxyl groups is 1. The lowest BCUT2D eigenvalue weighted by atomic mass is 9.76. The van der Waals surface area contributed by atoms with Crippen LogP contribution in [-0.4, -0.2) is 64.7 Å². The van der Waals surface area contributed by atoms with Crippen LogP contribution >= 0.6 is 0 Å². The zero-order chi connectivity index (χ0) is 31.7. The fourth-order valence-electron chi connectivity index (χ4n) is 6.99. The van der Waals surface area contributed by atoms with E-state index in [4.69, 9.17) is 15.9 Å². The zero-order valence-corrected chi connectivity index (χ0v) is 25.5. The summed E-state index contributed by atoms with van der Waals surface area (Å²) in [5, 5.41) is 25.4. The molecule has 0 radical (unpaired) electrons. The lowest BCUT2D eigenvalue weighted by molar-refractivity contribution is 0.0798. The molecule has 45 heavy (non-hydrogen) atoms. The summed E-state index contributed by atoms with van der Waals surface area (Å²) in [6, 6.07) is 5.67. The first-order valence-electron chi connectivity index (χ1n) is 15.4.